The Morgan fingerprint density at radius 1 is 1.50 bits per heavy atom. The van der Waals surface area contributed by atoms with Crippen molar-refractivity contribution < 1.29 is 9.53 Å². The molecule has 0 aromatic rings. The van der Waals surface area contributed by atoms with Crippen LogP contribution in [-0.4, -0.2) is 25.7 Å². The van der Waals surface area contributed by atoms with Gasteiger partial charge in [0.1, 0.15) is 0 Å². The van der Waals surface area contributed by atoms with E-state index in [1.807, 2.05) is 6.92 Å². The van der Waals surface area contributed by atoms with Crippen LogP contribution in [0.25, 0.3) is 0 Å². The molecule has 16 heavy (non-hydrogen) atoms. The number of hydrogen-bond acceptors (Lipinski definition) is 3. The van der Waals surface area contributed by atoms with Crippen LogP contribution in [0.1, 0.15) is 32.6 Å². The van der Waals surface area contributed by atoms with Gasteiger partial charge in [0.25, 0.3) is 0 Å². The molecular formula is C13H21NO2. The molecule has 0 saturated heterocycles. The first-order valence-electron chi connectivity index (χ1n) is 6.23. The summed E-state index contributed by atoms with van der Waals surface area (Å²) in [5.41, 5.74) is 1.11. The Labute approximate surface area is 97.2 Å². The highest BCUT2D eigenvalue weighted by Gasteiger charge is 2.53. The molecule has 2 aliphatic rings. The van der Waals surface area contributed by atoms with E-state index < -0.39 is 0 Å². The van der Waals surface area contributed by atoms with Crippen molar-refractivity contribution in [1.82, 2.24) is 5.32 Å². The normalized spacial score (nSPS) is 21.6. The van der Waals surface area contributed by atoms with Crippen molar-refractivity contribution in [3.05, 3.63) is 12.2 Å². The molecular weight excluding hydrogens is 202 g/mol. The summed E-state index contributed by atoms with van der Waals surface area (Å²) in [6, 6.07) is 0. The van der Waals surface area contributed by atoms with Crippen molar-refractivity contribution in [2.24, 2.45) is 11.3 Å². The van der Waals surface area contributed by atoms with Gasteiger partial charge >= 0.3 is 5.97 Å². The average Bonchev–Trinajstić information content (AvgIpc) is 3.11. The minimum Gasteiger partial charge on any atom is -0.463 e. The van der Waals surface area contributed by atoms with Crippen LogP contribution >= 0.6 is 0 Å². The van der Waals surface area contributed by atoms with Gasteiger partial charge in [-0.25, -0.2) is 4.79 Å². The van der Waals surface area contributed by atoms with Crippen LogP contribution < -0.4 is 5.32 Å². The van der Waals surface area contributed by atoms with E-state index in [1.165, 1.54) is 25.7 Å². The van der Waals surface area contributed by atoms with Crippen molar-refractivity contribution in [1.29, 1.82) is 0 Å². The Balaban J connectivity index is 1.64. The smallest absolute Gasteiger partial charge is 0.334 e. The van der Waals surface area contributed by atoms with Crippen molar-refractivity contribution >= 4 is 5.97 Å². The van der Waals surface area contributed by atoms with Crippen molar-refractivity contribution in [3.8, 4) is 0 Å². The molecule has 0 spiro atoms. The van der Waals surface area contributed by atoms with Gasteiger partial charge in [0, 0.05) is 18.7 Å². The van der Waals surface area contributed by atoms with Gasteiger partial charge in [-0.2, -0.15) is 0 Å². The fourth-order valence-corrected chi connectivity index (χ4v) is 2.35. The van der Waals surface area contributed by atoms with Crippen LogP contribution in [0.2, 0.25) is 0 Å². The van der Waals surface area contributed by atoms with E-state index >= 15 is 0 Å². The molecule has 0 aromatic carbocycles. The molecule has 2 aliphatic carbocycles. The number of rotatable bonds is 7. The molecule has 3 heteroatoms. The second-order valence-electron chi connectivity index (χ2n) is 5.06. The Morgan fingerprint density at radius 2 is 2.19 bits per heavy atom. The molecule has 1 N–H and O–H groups in total. The SMILES string of the molecule is C=C(CNCC1(C2CC2)CC1)C(=O)OCC. The summed E-state index contributed by atoms with van der Waals surface area (Å²) in [5.74, 6) is 0.683. The third kappa shape index (κ3) is 2.64. The highest BCUT2D eigenvalue weighted by atomic mass is 16.5. The molecule has 3 nitrogen and oxygen atoms in total. The van der Waals surface area contributed by atoms with Gasteiger partial charge in [0.05, 0.1) is 6.61 Å². The lowest BCUT2D eigenvalue weighted by Gasteiger charge is -2.15. The van der Waals surface area contributed by atoms with Crippen molar-refractivity contribution in [2.75, 3.05) is 19.7 Å². The molecule has 0 aromatic heterocycles. The van der Waals surface area contributed by atoms with Gasteiger partial charge in [0.15, 0.2) is 0 Å². The highest BCUT2D eigenvalue weighted by molar-refractivity contribution is 5.88. The zero-order valence-electron chi connectivity index (χ0n) is 10.1. The second kappa shape index (κ2) is 4.58. The van der Waals surface area contributed by atoms with E-state index in [4.69, 9.17) is 4.74 Å². The number of ether oxygens (including phenoxy) is 1. The van der Waals surface area contributed by atoms with Gasteiger partial charge in [-0.3, -0.25) is 0 Å². The van der Waals surface area contributed by atoms with Crippen LogP contribution in [0.15, 0.2) is 12.2 Å². The maximum Gasteiger partial charge on any atom is 0.334 e. The van der Waals surface area contributed by atoms with Crippen LogP contribution in [-0.2, 0) is 9.53 Å². The van der Waals surface area contributed by atoms with Crippen LogP contribution in [0.5, 0.6) is 0 Å². The van der Waals surface area contributed by atoms with E-state index in [0.717, 1.165) is 12.5 Å². The van der Waals surface area contributed by atoms with E-state index in [-0.39, 0.29) is 5.97 Å². The molecule has 2 rings (SSSR count). The lowest BCUT2D eigenvalue weighted by atomic mass is 10.0. The number of esters is 1. The van der Waals surface area contributed by atoms with Crippen molar-refractivity contribution in [2.45, 2.75) is 32.6 Å². The topological polar surface area (TPSA) is 38.3 Å². The van der Waals surface area contributed by atoms with Crippen LogP contribution in [0, 0.1) is 11.3 Å². The maximum absolute atomic E-state index is 11.3. The molecule has 2 fully saturated rings. The predicted molar refractivity (Wildman–Crippen MR) is 63.0 cm³/mol. The number of carbonyl (C=O) groups is 1. The van der Waals surface area contributed by atoms with Gasteiger partial charge in [-0.05, 0) is 43.9 Å². The third-order valence-corrected chi connectivity index (χ3v) is 3.72. The fraction of sp³-hybridized carbons (Fsp3) is 0.769. The minimum atomic E-state index is -0.272. The monoisotopic (exact) mass is 223 g/mol. The van der Waals surface area contributed by atoms with E-state index in [1.54, 1.807) is 0 Å². The summed E-state index contributed by atoms with van der Waals surface area (Å²) in [7, 11) is 0. The minimum absolute atomic E-state index is 0.272. The van der Waals surface area contributed by atoms with Crippen LogP contribution in [0.3, 0.4) is 0 Å². The summed E-state index contributed by atoms with van der Waals surface area (Å²) in [6.07, 6.45) is 5.52. The fourth-order valence-electron chi connectivity index (χ4n) is 2.35. The third-order valence-electron chi connectivity index (χ3n) is 3.72. The standard InChI is InChI=1S/C13H21NO2/c1-3-16-12(15)10(2)8-14-9-13(6-7-13)11-4-5-11/h11,14H,2-9H2,1H3. The number of carbonyl (C=O) groups excluding carboxylic acids is 1. The summed E-state index contributed by atoms with van der Waals surface area (Å²) < 4.78 is 4.88. The van der Waals surface area contributed by atoms with Gasteiger partial charge in [-0.1, -0.05) is 6.58 Å². The first-order chi connectivity index (χ1) is 7.68. The number of hydrogen-bond donors (Lipinski definition) is 1. The molecule has 2 saturated carbocycles. The zero-order chi connectivity index (χ0) is 11.6. The molecule has 0 bridgehead atoms. The maximum atomic E-state index is 11.3. The lowest BCUT2D eigenvalue weighted by molar-refractivity contribution is -0.138. The number of nitrogens with one attached hydrogen (secondary N) is 1. The zero-order valence-corrected chi connectivity index (χ0v) is 10.1. The molecule has 0 atom stereocenters. The summed E-state index contributed by atoms with van der Waals surface area (Å²) in [5, 5.41) is 3.35. The van der Waals surface area contributed by atoms with E-state index in [0.29, 0.717) is 24.1 Å². The highest BCUT2D eigenvalue weighted by Crippen LogP contribution is 2.60. The summed E-state index contributed by atoms with van der Waals surface area (Å²) >= 11 is 0. The molecule has 0 amide bonds. The molecule has 0 radical (unpaired) electrons. The molecule has 0 unspecified atom stereocenters. The Kier molecular flexibility index (Phi) is 3.33. The largest absolute Gasteiger partial charge is 0.463 e. The van der Waals surface area contributed by atoms with Gasteiger partial charge in [-0.15, -0.1) is 0 Å². The molecule has 90 valence electrons. The van der Waals surface area contributed by atoms with E-state index in [2.05, 4.69) is 11.9 Å². The summed E-state index contributed by atoms with van der Waals surface area (Å²) in [6.45, 7) is 7.57. The average molecular weight is 223 g/mol. The predicted octanol–water partition coefficient (Wildman–Crippen LogP) is 1.89. The first kappa shape index (κ1) is 11.6. The Morgan fingerprint density at radius 3 is 2.69 bits per heavy atom. The Hall–Kier alpha value is -0.830. The van der Waals surface area contributed by atoms with Gasteiger partial charge in [0.2, 0.25) is 0 Å². The second-order valence-corrected chi connectivity index (χ2v) is 5.06. The molecule has 0 heterocycles. The molecule has 0 aliphatic heterocycles. The van der Waals surface area contributed by atoms with Gasteiger partial charge < -0.3 is 10.1 Å². The Bertz CT molecular complexity index is 290. The first-order valence-corrected chi connectivity index (χ1v) is 6.23. The van der Waals surface area contributed by atoms with Crippen LogP contribution in [0.4, 0.5) is 0 Å². The van der Waals surface area contributed by atoms with E-state index in [9.17, 15) is 4.79 Å². The summed E-state index contributed by atoms with van der Waals surface area (Å²) in [4.78, 5) is 11.3. The van der Waals surface area contributed by atoms with Crippen molar-refractivity contribution in [3.63, 3.8) is 0 Å². The quantitative estimate of drug-likeness (QED) is 0.529. The lowest BCUT2D eigenvalue weighted by Crippen LogP contribution is -2.29.